The van der Waals surface area contributed by atoms with Crippen molar-refractivity contribution in [2.45, 2.75) is 6.61 Å². The molecule has 0 spiro atoms. The summed E-state index contributed by atoms with van der Waals surface area (Å²) < 4.78 is 23.1. The van der Waals surface area contributed by atoms with E-state index in [0.29, 0.717) is 18.0 Å². The summed E-state index contributed by atoms with van der Waals surface area (Å²) in [4.78, 5) is 11.9. The van der Waals surface area contributed by atoms with Crippen LogP contribution in [0.25, 0.3) is 0 Å². The highest BCUT2D eigenvalue weighted by atomic mass is 19.1. The molecule has 23 heavy (non-hydrogen) atoms. The second-order valence-electron chi connectivity index (χ2n) is 4.78. The van der Waals surface area contributed by atoms with E-state index in [1.54, 1.807) is 36.4 Å². The minimum Gasteiger partial charge on any atom is -0.489 e. The second kappa shape index (κ2) is 6.74. The van der Waals surface area contributed by atoms with E-state index in [4.69, 9.17) is 4.74 Å². The molecule has 0 bridgehead atoms. The normalized spacial score (nSPS) is 10.3. The van der Waals surface area contributed by atoms with Gasteiger partial charge in [-0.25, -0.2) is 4.39 Å². The van der Waals surface area contributed by atoms with Crippen LogP contribution in [0.5, 0.6) is 5.75 Å². The minimum absolute atomic E-state index is 0.197. The zero-order valence-corrected chi connectivity index (χ0v) is 12.0. The topological polar surface area (TPSA) is 64.4 Å². The molecule has 0 radical (unpaired) electrons. The lowest BCUT2D eigenvalue weighted by atomic mass is 10.2. The Labute approximate surface area is 131 Å². The van der Waals surface area contributed by atoms with Gasteiger partial charge in [-0.1, -0.05) is 23.4 Å². The lowest BCUT2D eigenvalue weighted by Gasteiger charge is -2.08. The van der Waals surface area contributed by atoms with Gasteiger partial charge in [0.15, 0.2) is 5.69 Å². The van der Waals surface area contributed by atoms with Crippen LogP contribution in [0.1, 0.15) is 16.1 Å². The third-order valence-electron chi connectivity index (χ3n) is 3.08. The number of amides is 1. The van der Waals surface area contributed by atoms with Crippen molar-refractivity contribution in [3.8, 4) is 5.75 Å². The fraction of sp³-hybridized carbons (Fsp3) is 0.0588. The van der Waals surface area contributed by atoms with E-state index in [9.17, 15) is 9.18 Å². The van der Waals surface area contributed by atoms with Gasteiger partial charge in [0.05, 0.1) is 0 Å². The molecule has 0 saturated carbocycles. The molecule has 116 valence electrons. The number of carbonyl (C=O) groups excluding carboxylic acids is 1. The average Bonchev–Trinajstić information content (AvgIpc) is 3.09. The van der Waals surface area contributed by atoms with Crippen LogP contribution in [0, 0.1) is 5.82 Å². The maximum absolute atomic E-state index is 12.8. The summed E-state index contributed by atoms with van der Waals surface area (Å²) in [7, 11) is 0. The van der Waals surface area contributed by atoms with Crippen LogP contribution in [-0.4, -0.2) is 11.1 Å². The number of benzene rings is 2. The summed E-state index contributed by atoms with van der Waals surface area (Å²) in [5.74, 6) is -0.0620. The number of nitrogens with zero attached hydrogens (tertiary/aromatic N) is 1. The van der Waals surface area contributed by atoms with Gasteiger partial charge in [0.25, 0.3) is 5.91 Å². The van der Waals surface area contributed by atoms with Gasteiger partial charge in [0, 0.05) is 17.8 Å². The van der Waals surface area contributed by atoms with E-state index in [1.807, 2.05) is 0 Å². The van der Waals surface area contributed by atoms with E-state index in [0.717, 1.165) is 5.56 Å². The quantitative estimate of drug-likeness (QED) is 0.781. The largest absolute Gasteiger partial charge is 0.489 e. The molecule has 0 fully saturated rings. The van der Waals surface area contributed by atoms with Crippen molar-refractivity contribution in [1.29, 1.82) is 0 Å². The van der Waals surface area contributed by atoms with Gasteiger partial charge in [-0.15, -0.1) is 0 Å². The van der Waals surface area contributed by atoms with Crippen molar-refractivity contribution in [3.05, 3.63) is 77.9 Å². The first-order valence-electron chi connectivity index (χ1n) is 6.90. The molecule has 6 heteroatoms. The summed E-state index contributed by atoms with van der Waals surface area (Å²) in [6, 6.07) is 14.5. The summed E-state index contributed by atoms with van der Waals surface area (Å²) >= 11 is 0. The summed E-state index contributed by atoms with van der Waals surface area (Å²) in [6.45, 7) is 0.307. The summed E-state index contributed by atoms with van der Waals surface area (Å²) in [6.07, 6.45) is 1.33. The first-order chi connectivity index (χ1) is 11.2. The number of halogens is 1. The molecule has 0 atom stereocenters. The SMILES string of the molecule is O=C(Nc1cccc(OCc2ccc(F)cc2)c1)c1ccon1. The van der Waals surface area contributed by atoms with Crippen LogP contribution in [0.15, 0.2) is 65.4 Å². The van der Waals surface area contributed by atoms with Crippen LogP contribution >= 0.6 is 0 Å². The Hall–Kier alpha value is -3.15. The molecule has 3 aromatic rings. The standard InChI is InChI=1S/C17H13FN2O3/c18-13-6-4-12(5-7-13)11-22-15-3-1-2-14(10-15)19-17(21)16-8-9-23-20-16/h1-10H,11H2,(H,19,21). The maximum Gasteiger partial charge on any atom is 0.277 e. The van der Waals surface area contributed by atoms with Crippen molar-refractivity contribution in [1.82, 2.24) is 5.16 Å². The monoisotopic (exact) mass is 312 g/mol. The number of nitrogens with one attached hydrogen (secondary N) is 1. The summed E-state index contributed by atoms with van der Waals surface area (Å²) in [5.41, 5.74) is 1.63. The number of ether oxygens (including phenoxy) is 1. The zero-order chi connectivity index (χ0) is 16.1. The highest BCUT2D eigenvalue weighted by Gasteiger charge is 2.09. The van der Waals surface area contributed by atoms with Crippen LogP contribution < -0.4 is 10.1 Å². The first-order valence-corrected chi connectivity index (χ1v) is 6.90. The number of hydrogen-bond donors (Lipinski definition) is 1. The average molecular weight is 312 g/mol. The van der Waals surface area contributed by atoms with E-state index in [1.165, 1.54) is 24.5 Å². The smallest absolute Gasteiger partial charge is 0.277 e. The van der Waals surface area contributed by atoms with Gasteiger partial charge >= 0.3 is 0 Å². The Balaban J connectivity index is 1.63. The molecule has 1 heterocycles. The van der Waals surface area contributed by atoms with Crippen LogP contribution in [0.3, 0.4) is 0 Å². The van der Waals surface area contributed by atoms with Gasteiger partial charge in [-0.05, 0) is 29.8 Å². The van der Waals surface area contributed by atoms with Gasteiger partial charge in [0.2, 0.25) is 0 Å². The lowest BCUT2D eigenvalue weighted by molar-refractivity contribution is 0.101. The Morgan fingerprint density at radius 3 is 2.74 bits per heavy atom. The number of aromatic nitrogens is 1. The molecule has 1 aromatic heterocycles. The van der Waals surface area contributed by atoms with Crippen molar-refractivity contribution < 1.29 is 18.4 Å². The predicted octanol–water partition coefficient (Wildman–Crippen LogP) is 3.65. The maximum atomic E-state index is 12.8. The molecule has 0 aliphatic rings. The van der Waals surface area contributed by atoms with Crippen LogP contribution in [0.4, 0.5) is 10.1 Å². The van der Waals surface area contributed by atoms with Gasteiger partial charge < -0.3 is 14.6 Å². The molecule has 5 nitrogen and oxygen atoms in total. The van der Waals surface area contributed by atoms with Crippen molar-refractivity contribution in [3.63, 3.8) is 0 Å². The zero-order valence-electron chi connectivity index (χ0n) is 12.0. The van der Waals surface area contributed by atoms with Gasteiger partial charge in [-0.3, -0.25) is 4.79 Å². The number of anilines is 1. The molecule has 0 saturated heterocycles. The van der Waals surface area contributed by atoms with E-state index >= 15 is 0 Å². The predicted molar refractivity (Wildman–Crippen MR) is 81.6 cm³/mol. The first kappa shape index (κ1) is 14.8. The molecule has 2 aromatic carbocycles. The second-order valence-corrected chi connectivity index (χ2v) is 4.78. The van der Waals surface area contributed by atoms with Gasteiger partial charge in [0.1, 0.15) is 24.4 Å². The molecule has 0 aliphatic carbocycles. The van der Waals surface area contributed by atoms with Gasteiger partial charge in [-0.2, -0.15) is 0 Å². The molecule has 0 aliphatic heterocycles. The fourth-order valence-electron chi connectivity index (χ4n) is 1.94. The Morgan fingerprint density at radius 2 is 2.00 bits per heavy atom. The van der Waals surface area contributed by atoms with Crippen molar-refractivity contribution >= 4 is 11.6 Å². The Bertz CT molecular complexity index is 786. The number of rotatable bonds is 5. The lowest BCUT2D eigenvalue weighted by Crippen LogP contribution is -2.12. The Morgan fingerprint density at radius 1 is 1.17 bits per heavy atom. The van der Waals surface area contributed by atoms with Crippen LogP contribution in [-0.2, 0) is 6.61 Å². The van der Waals surface area contributed by atoms with Crippen molar-refractivity contribution in [2.75, 3.05) is 5.32 Å². The molecule has 0 unspecified atom stereocenters. The molecule has 3 rings (SSSR count). The molecular formula is C17H13FN2O3. The summed E-state index contributed by atoms with van der Waals surface area (Å²) in [5, 5.41) is 6.27. The molecule has 1 N–H and O–H groups in total. The van der Waals surface area contributed by atoms with E-state index < -0.39 is 0 Å². The van der Waals surface area contributed by atoms with E-state index in [-0.39, 0.29) is 17.4 Å². The fourth-order valence-corrected chi connectivity index (χ4v) is 1.94. The highest BCUT2D eigenvalue weighted by molar-refractivity contribution is 6.02. The Kier molecular flexibility index (Phi) is 4.33. The molecule has 1 amide bonds. The number of carbonyl (C=O) groups is 1. The van der Waals surface area contributed by atoms with Crippen LogP contribution in [0.2, 0.25) is 0 Å². The van der Waals surface area contributed by atoms with E-state index in [2.05, 4.69) is 15.0 Å². The minimum atomic E-state index is -0.366. The third-order valence-corrected chi connectivity index (χ3v) is 3.08. The molecular weight excluding hydrogens is 299 g/mol. The third kappa shape index (κ3) is 3.94. The highest BCUT2D eigenvalue weighted by Crippen LogP contribution is 2.19. The number of hydrogen-bond acceptors (Lipinski definition) is 4. The van der Waals surface area contributed by atoms with Crippen molar-refractivity contribution in [2.24, 2.45) is 0 Å².